The van der Waals surface area contributed by atoms with Crippen molar-refractivity contribution in [1.29, 1.82) is 0 Å². The lowest BCUT2D eigenvalue weighted by Gasteiger charge is -2.20. The minimum atomic E-state index is -4.89. The first-order valence-electron chi connectivity index (χ1n) is 8.72. The fraction of sp³-hybridized carbons (Fsp3) is 0.350. The van der Waals surface area contributed by atoms with Crippen LogP contribution in [0.2, 0.25) is 0 Å². The number of alkyl halides is 9. The van der Waals surface area contributed by atoms with Crippen LogP contribution in [0.1, 0.15) is 53.6 Å². The van der Waals surface area contributed by atoms with E-state index in [0.29, 0.717) is 24.6 Å². The van der Waals surface area contributed by atoms with Gasteiger partial charge in [-0.05, 0) is 47.9 Å². The van der Waals surface area contributed by atoms with Gasteiger partial charge in [0.15, 0.2) is 0 Å². The highest BCUT2D eigenvalue weighted by molar-refractivity contribution is 5.79. The molecule has 0 bridgehead atoms. The molecule has 2 aromatic carbocycles. The first-order chi connectivity index (χ1) is 13.7. The second-order valence-electron chi connectivity index (χ2n) is 6.50. The quantitative estimate of drug-likeness (QED) is 0.333. The minimum absolute atomic E-state index is 0.0154. The van der Waals surface area contributed by atoms with E-state index in [4.69, 9.17) is 0 Å². The zero-order valence-electron chi connectivity index (χ0n) is 15.5. The fourth-order valence-electron chi connectivity index (χ4n) is 2.79. The summed E-state index contributed by atoms with van der Waals surface area (Å²) in [5.74, 6) is 0. The van der Waals surface area contributed by atoms with E-state index >= 15 is 0 Å². The van der Waals surface area contributed by atoms with E-state index in [0.717, 1.165) is 30.5 Å². The predicted molar refractivity (Wildman–Crippen MR) is 93.1 cm³/mol. The van der Waals surface area contributed by atoms with Gasteiger partial charge in [0.2, 0.25) is 0 Å². The van der Waals surface area contributed by atoms with E-state index in [1.165, 1.54) is 0 Å². The van der Waals surface area contributed by atoms with Gasteiger partial charge in [-0.1, -0.05) is 25.5 Å². The van der Waals surface area contributed by atoms with Gasteiger partial charge in [-0.3, -0.25) is 4.99 Å². The summed E-state index contributed by atoms with van der Waals surface area (Å²) in [6.07, 6.45) is -12.9. The van der Waals surface area contributed by atoms with Gasteiger partial charge >= 0.3 is 18.5 Å². The molecule has 0 radical (unpaired) electrons. The molecule has 10 heteroatoms. The largest absolute Gasteiger partial charge is 0.416 e. The van der Waals surface area contributed by atoms with Crippen LogP contribution in [0.15, 0.2) is 47.5 Å². The number of halogens is 9. The van der Waals surface area contributed by atoms with Gasteiger partial charge in [-0.25, -0.2) is 0 Å². The van der Waals surface area contributed by atoms with E-state index in [1.54, 1.807) is 6.92 Å². The maximum atomic E-state index is 13.4. The van der Waals surface area contributed by atoms with Gasteiger partial charge in [0.25, 0.3) is 0 Å². The molecule has 2 aromatic rings. The summed E-state index contributed by atoms with van der Waals surface area (Å²) in [5, 5.41) is 0. The third-order valence-electron chi connectivity index (χ3n) is 4.25. The van der Waals surface area contributed by atoms with Crippen molar-refractivity contribution in [1.82, 2.24) is 0 Å². The monoisotopic (exact) mass is 441 g/mol. The normalized spacial score (nSPS) is 14.3. The lowest BCUT2D eigenvalue weighted by atomic mass is 9.94. The highest BCUT2D eigenvalue weighted by atomic mass is 19.4. The van der Waals surface area contributed by atoms with Crippen LogP contribution < -0.4 is 0 Å². The lowest BCUT2D eigenvalue weighted by molar-refractivity contribution is -0.142. The Labute approximate surface area is 166 Å². The van der Waals surface area contributed by atoms with Crippen LogP contribution in [0.4, 0.5) is 39.5 Å². The fourth-order valence-corrected chi connectivity index (χ4v) is 2.79. The van der Waals surface area contributed by atoms with E-state index in [9.17, 15) is 39.5 Å². The molecule has 0 aromatic heterocycles. The van der Waals surface area contributed by atoms with Gasteiger partial charge in [0.05, 0.1) is 22.7 Å². The summed E-state index contributed by atoms with van der Waals surface area (Å²) >= 11 is 0. The molecule has 0 saturated carbocycles. The molecule has 0 N–H and O–H groups in total. The first kappa shape index (κ1) is 23.8. The summed E-state index contributed by atoms with van der Waals surface area (Å²) in [5.41, 5.74) is -3.86. The molecule has 30 heavy (non-hydrogen) atoms. The molecule has 0 aliphatic carbocycles. The molecule has 1 nitrogen and oxygen atoms in total. The van der Waals surface area contributed by atoms with Crippen LogP contribution >= 0.6 is 0 Å². The summed E-state index contributed by atoms with van der Waals surface area (Å²) in [4.78, 5) is 3.97. The summed E-state index contributed by atoms with van der Waals surface area (Å²) in [6.45, 7) is 1.63. The topological polar surface area (TPSA) is 12.4 Å². The minimum Gasteiger partial charge on any atom is -0.284 e. The van der Waals surface area contributed by atoms with Crippen molar-refractivity contribution in [3.05, 3.63) is 70.3 Å². The molecule has 0 heterocycles. The van der Waals surface area contributed by atoms with E-state index in [-0.39, 0.29) is 12.0 Å². The molecule has 0 aliphatic rings. The maximum absolute atomic E-state index is 13.4. The molecular formula is C20H16F9N. The Morgan fingerprint density at radius 1 is 0.767 bits per heavy atom. The second kappa shape index (κ2) is 8.69. The standard InChI is InChI=1S/C20H16F9N/c1-2-3-17(30-11-12-4-6-13(7-5-12)18(21,22)23)15-10-14(19(24,25)26)8-9-16(15)20(27,28)29/h4-11,17H,2-3H2,1H3/b30-11+. The van der Waals surface area contributed by atoms with Crippen LogP contribution in [0.5, 0.6) is 0 Å². The van der Waals surface area contributed by atoms with Crippen molar-refractivity contribution in [3.63, 3.8) is 0 Å². The van der Waals surface area contributed by atoms with Crippen LogP contribution in [-0.2, 0) is 18.5 Å². The van der Waals surface area contributed by atoms with Crippen LogP contribution in [-0.4, -0.2) is 6.21 Å². The number of hydrogen-bond donors (Lipinski definition) is 0. The SMILES string of the molecule is CCCC(/N=C/c1ccc(C(F)(F)F)cc1)c1cc(C(F)(F)F)ccc1C(F)(F)F. The van der Waals surface area contributed by atoms with Gasteiger partial charge in [-0.15, -0.1) is 0 Å². The van der Waals surface area contributed by atoms with Crippen molar-refractivity contribution in [2.24, 2.45) is 4.99 Å². The predicted octanol–water partition coefficient (Wildman–Crippen LogP) is 7.70. The third kappa shape index (κ3) is 5.99. The van der Waals surface area contributed by atoms with E-state index in [1.807, 2.05) is 0 Å². The Morgan fingerprint density at radius 2 is 1.30 bits per heavy atom. The summed E-state index contributed by atoms with van der Waals surface area (Å²) in [6, 6.07) is 3.61. The van der Waals surface area contributed by atoms with Crippen molar-refractivity contribution in [3.8, 4) is 0 Å². The van der Waals surface area contributed by atoms with Gasteiger partial charge in [-0.2, -0.15) is 39.5 Å². The number of hydrogen-bond acceptors (Lipinski definition) is 1. The Balaban J connectivity index is 2.47. The zero-order valence-corrected chi connectivity index (χ0v) is 15.5. The van der Waals surface area contributed by atoms with Crippen molar-refractivity contribution >= 4 is 6.21 Å². The highest BCUT2D eigenvalue weighted by Gasteiger charge is 2.38. The number of aliphatic imine (C=N–C) groups is 1. The van der Waals surface area contributed by atoms with E-state index in [2.05, 4.69) is 4.99 Å². The Morgan fingerprint density at radius 3 is 1.77 bits per heavy atom. The molecule has 0 saturated heterocycles. The first-order valence-corrected chi connectivity index (χ1v) is 8.72. The molecular weight excluding hydrogens is 425 g/mol. The highest BCUT2D eigenvalue weighted by Crippen LogP contribution is 2.40. The molecule has 0 fully saturated rings. The molecule has 164 valence electrons. The third-order valence-corrected chi connectivity index (χ3v) is 4.25. The van der Waals surface area contributed by atoms with E-state index < -0.39 is 46.8 Å². The average Bonchev–Trinajstić information content (AvgIpc) is 2.63. The summed E-state index contributed by atoms with van der Waals surface area (Å²) < 4.78 is 117. The lowest BCUT2D eigenvalue weighted by Crippen LogP contribution is -2.15. The Bertz CT molecular complexity index is 875. The molecule has 1 atom stereocenters. The zero-order chi connectivity index (χ0) is 22.7. The smallest absolute Gasteiger partial charge is 0.284 e. The van der Waals surface area contributed by atoms with Gasteiger partial charge < -0.3 is 0 Å². The number of nitrogens with zero attached hydrogens (tertiary/aromatic N) is 1. The van der Waals surface area contributed by atoms with Gasteiger partial charge in [0.1, 0.15) is 0 Å². The van der Waals surface area contributed by atoms with Crippen LogP contribution in [0.3, 0.4) is 0 Å². The number of rotatable bonds is 5. The maximum Gasteiger partial charge on any atom is 0.416 e. The Kier molecular flexibility index (Phi) is 6.88. The van der Waals surface area contributed by atoms with Crippen LogP contribution in [0, 0.1) is 0 Å². The molecule has 0 spiro atoms. The summed E-state index contributed by atoms with van der Waals surface area (Å²) in [7, 11) is 0. The van der Waals surface area contributed by atoms with Crippen molar-refractivity contribution < 1.29 is 39.5 Å². The Hall–Kier alpha value is -2.52. The number of benzene rings is 2. The van der Waals surface area contributed by atoms with Crippen LogP contribution in [0.25, 0.3) is 0 Å². The van der Waals surface area contributed by atoms with Crippen molar-refractivity contribution in [2.75, 3.05) is 0 Å². The molecule has 2 rings (SSSR count). The molecule has 0 amide bonds. The van der Waals surface area contributed by atoms with Crippen molar-refractivity contribution in [2.45, 2.75) is 44.3 Å². The van der Waals surface area contributed by atoms with Gasteiger partial charge in [0, 0.05) is 6.21 Å². The second-order valence-corrected chi connectivity index (χ2v) is 6.50. The average molecular weight is 441 g/mol. The molecule has 1 unspecified atom stereocenters. The molecule has 0 aliphatic heterocycles.